The Kier molecular flexibility index (Phi) is 4.63. The number of tetrazole rings is 1. The molecule has 1 saturated heterocycles. The van der Waals surface area contributed by atoms with E-state index in [1.54, 1.807) is 4.68 Å². The van der Waals surface area contributed by atoms with Gasteiger partial charge >= 0.3 is 5.97 Å². The summed E-state index contributed by atoms with van der Waals surface area (Å²) >= 11 is 4.34. The van der Waals surface area contributed by atoms with E-state index in [0.29, 0.717) is 21.7 Å². The fraction of sp³-hybridized carbons (Fsp3) is 0.579. The van der Waals surface area contributed by atoms with Crippen molar-refractivity contribution in [2.24, 2.45) is 17.8 Å². The van der Waals surface area contributed by atoms with Crippen LogP contribution in [0.5, 0.6) is 5.75 Å². The molecule has 27 heavy (non-hydrogen) atoms. The zero-order chi connectivity index (χ0) is 18.3. The van der Waals surface area contributed by atoms with E-state index in [1.807, 2.05) is 24.3 Å². The molecule has 1 spiro atoms. The number of carbonyl (C=O) groups excluding carboxylic acids is 1. The fourth-order valence-corrected chi connectivity index (χ4v) is 8.88. The highest BCUT2D eigenvalue weighted by Gasteiger charge is 2.55. The maximum atomic E-state index is 12.8. The Morgan fingerprint density at radius 1 is 1.11 bits per heavy atom. The first kappa shape index (κ1) is 17.6. The zero-order valence-corrected chi connectivity index (χ0v) is 16.6. The summed E-state index contributed by atoms with van der Waals surface area (Å²) in [4.78, 5) is 12.8. The standard InChI is InChI=1S/C19H22N4O2S2/c24-18(25-17-6-4-16(5-7-17)23-12-20-21-22-23)13-10-14-2-1-3-15(11-13)19(14)26-8-9-27-19/h4-7,12-15H,1-3,8-11H2. The number of esters is 1. The van der Waals surface area contributed by atoms with Crippen molar-refractivity contribution in [3.05, 3.63) is 30.6 Å². The molecule has 1 aromatic heterocycles. The number of hydrogen-bond donors (Lipinski definition) is 0. The Labute approximate surface area is 166 Å². The van der Waals surface area contributed by atoms with Gasteiger partial charge in [-0.2, -0.15) is 0 Å². The topological polar surface area (TPSA) is 69.9 Å². The molecule has 3 fully saturated rings. The fourth-order valence-electron chi connectivity index (χ4n) is 4.95. The summed E-state index contributed by atoms with van der Waals surface area (Å²) in [5.74, 6) is 4.40. The summed E-state index contributed by atoms with van der Waals surface area (Å²) in [5.41, 5.74) is 0.837. The van der Waals surface area contributed by atoms with Gasteiger partial charge in [0.15, 0.2) is 0 Å². The number of nitrogens with zero attached hydrogens (tertiary/aromatic N) is 4. The first-order valence-electron chi connectivity index (χ1n) is 9.57. The summed E-state index contributed by atoms with van der Waals surface area (Å²) < 4.78 is 7.69. The molecular formula is C19H22N4O2S2. The summed E-state index contributed by atoms with van der Waals surface area (Å²) in [7, 11) is 0. The highest BCUT2D eigenvalue weighted by atomic mass is 32.2. The number of ether oxygens (including phenoxy) is 1. The van der Waals surface area contributed by atoms with Crippen LogP contribution in [-0.2, 0) is 4.79 Å². The van der Waals surface area contributed by atoms with E-state index < -0.39 is 0 Å². The first-order chi connectivity index (χ1) is 13.2. The Morgan fingerprint density at radius 3 is 2.44 bits per heavy atom. The average molecular weight is 403 g/mol. The SMILES string of the molecule is O=C(Oc1ccc(-n2cnnn2)cc1)C1CC2CCCC(C1)C21SCCS1. The molecule has 1 aliphatic heterocycles. The second kappa shape index (κ2) is 7.13. The van der Waals surface area contributed by atoms with Crippen LogP contribution in [0.15, 0.2) is 30.6 Å². The third-order valence-electron chi connectivity index (χ3n) is 6.12. The number of carbonyl (C=O) groups is 1. The van der Waals surface area contributed by atoms with Crippen molar-refractivity contribution in [3.8, 4) is 11.4 Å². The second-order valence-corrected chi connectivity index (χ2v) is 10.6. The largest absolute Gasteiger partial charge is 0.426 e. The van der Waals surface area contributed by atoms with Gasteiger partial charge in [0, 0.05) is 11.5 Å². The molecule has 0 N–H and O–H groups in total. The lowest BCUT2D eigenvalue weighted by atomic mass is 9.67. The van der Waals surface area contributed by atoms with Crippen LogP contribution < -0.4 is 4.74 Å². The lowest BCUT2D eigenvalue weighted by molar-refractivity contribution is -0.141. The summed E-state index contributed by atoms with van der Waals surface area (Å²) in [6, 6.07) is 7.33. The molecule has 3 aliphatic rings. The highest BCUT2D eigenvalue weighted by molar-refractivity contribution is 8.21. The minimum absolute atomic E-state index is 0.0342. The average Bonchev–Trinajstić information content (AvgIpc) is 3.35. The van der Waals surface area contributed by atoms with E-state index >= 15 is 0 Å². The van der Waals surface area contributed by atoms with E-state index in [1.165, 1.54) is 37.1 Å². The Hall–Kier alpha value is -1.54. The Bertz CT molecular complexity index is 790. The van der Waals surface area contributed by atoms with Crippen LogP contribution >= 0.6 is 23.5 Å². The van der Waals surface area contributed by atoms with Gasteiger partial charge in [0.1, 0.15) is 12.1 Å². The Balaban J connectivity index is 1.27. The molecule has 6 nitrogen and oxygen atoms in total. The van der Waals surface area contributed by atoms with Crippen LogP contribution in [0.3, 0.4) is 0 Å². The van der Waals surface area contributed by atoms with Crippen LogP contribution in [-0.4, -0.2) is 41.8 Å². The summed E-state index contributed by atoms with van der Waals surface area (Å²) in [6.45, 7) is 0. The summed E-state index contributed by atoms with van der Waals surface area (Å²) in [5, 5.41) is 11.1. The van der Waals surface area contributed by atoms with Crippen molar-refractivity contribution in [3.63, 3.8) is 0 Å². The first-order valence-corrected chi connectivity index (χ1v) is 11.5. The van der Waals surface area contributed by atoms with Crippen molar-refractivity contribution in [2.45, 2.75) is 36.2 Å². The lowest BCUT2D eigenvalue weighted by Crippen LogP contribution is -2.48. The molecule has 2 aliphatic carbocycles. The smallest absolute Gasteiger partial charge is 0.314 e. The molecule has 142 valence electrons. The maximum Gasteiger partial charge on any atom is 0.314 e. The lowest BCUT2D eigenvalue weighted by Gasteiger charge is -2.51. The van der Waals surface area contributed by atoms with Crippen molar-refractivity contribution in [1.29, 1.82) is 0 Å². The van der Waals surface area contributed by atoms with Gasteiger partial charge < -0.3 is 4.74 Å². The molecule has 2 heterocycles. The van der Waals surface area contributed by atoms with Crippen molar-refractivity contribution in [1.82, 2.24) is 20.2 Å². The monoisotopic (exact) mass is 402 g/mol. The molecule has 1 aromatic carbocycles. The van der Waals surface area contributed by atoms with Gasteiger partial charge in [-0.05, 0) is 72.2 Å². The van der Waals surface area contributed by atoms with Crippen LogP contribution in [0.4, 0.5) is 0 Å². The van der Waals surface area contributed by atoms with E-state index in [9.17, 15) is 4.79 Å². The number of aromatic nitrogens is 4. The number of hydrogen-bond acceptors (Lipinski definition) is 7. The van der Waals surface area contributed by atoms with E-state index in [4.69, 9.17) is 4.74 Å². The number of benzene rings is 1. The molecule has 2 saturated carbocycles. The van der Waals surface area contributed by atoms with Gasteiger partial charge in [0.2, 0.25) is 0 Å². The van der Waals surface area contributed by atoms with Crippen LogP contribution in [0.25, 0.3) is 5.69 Å². The van der Waals surface area contributed by atoms with Gasteiger partial charge in [-0.1, -0.05) is 6.42 Å². The number of rotatable bonds is 3. The normalized spacial score (nSPS) is 29.0. The molecule has 2 aromatic rings. The van der Waals surface area contributed by atoms with Crippen LogP contribution in [0, 0.1) is 17.8 Å². The number of thioether (sulfide) groups is 2. The van der Waals surface area contributed by atoms with E-state index in [-0.39, 0.29) is 11.9 Å². The quantitative estimate of drug-likeness (QED) is 0.574. The third kappa shape index (κ3) is 3.16. The van der Waals surface area contributed by atoms with Crippen LogP contribution in [0.1, 0.15) is 32.1 Å². The Morgan fingerprint density at radius 2 is 1.81 bits per heavy atom. The minimum Gasteiger partial charge on any atom is -0.426 e. The molecule has 0 amide bonds. The molecular weight excluding hydrogens is 380 g/mol. The predicted molar refractivity (Wildman–Crippen MR) is 106 cm³/mol. The van der Waals surface area contributed by atoms with E-state index in [2.05, 4.69) is 39.0 Å². The van der Waals surface area contributed by atoms with Crippen molar-refractivity contribution < 1.29 is 9.53 Å². The van der Waals surface area contributed by atoms with Gasteiger partial charge in [-0.15, -0.1) is 28.6 Å². The zero-order valence-electron chi connectivity index (χ0n) is 15.0. The summed E-state index contributed by atoms with van der Waals surface area (Å²) in [6.07, 6.45) is 7.35. The maximum absolute atomic E-state index is 12.8. The molecule has 8 heteroatoms. The van der Waals surface area contributed by atoms with Crippen molar-refractivity contribution in [2.75, 3.05) is 11.5 Å². The second-order valence-electron chi connectivity index (χ2n) is 7.58. The molecule has 2 atom stereocenters. The third-order valence-corrected chi connectivity index (χ3v) is 10.1. The minimum atomic E-state index is -0.0649. The van der Waals surface area contributed by atoms with Gasteiger partial charge in [0.05, 0.1) is 15.7 Å². The van der Waals surface area contributed by atoms with Gasteiger partial charge in [0.25, 0.3) is 0 Å². The van der Waals surface area contributed by atoms with Gasteiger partial charge in [-0.3, -0.25) is 4.79 Å². The van der Waals surface area contributed by atoms with Crippen molar-refractivity contribution >= 4 is 29.5 Å². The molecule has 5 rings (SSSR count). The van der Waals surface area contributed by atoms with E-state index in [0.717, 1.165) is 18.5 Å². The highest BCUT2D eigenvalue weighted by Crippen LogP contribution is 2.64. The predicted octanol–water partition coefficient (Wildman–Crippen LogP) is 3.57. The van der Waals surface area contributed by atoms with Gasteiger partial charge in [-0.25, -0.2) is 4.68 Å². The molecule has 0 radical (unpaired) electrons. The molecule has 2 unspecified atom stereocenters. The molecule has 2 bridgehead atoms. The van der Waals surface area contributed by atoms with Crippen LogP contribution in [0.2, 0.25) is 0 Å².